The number of hydrogen-bond acceptors (Lipinski definition) is 5. The third kappa shape index (κ3) is 2.45. The number of nitrogens with two attached hydrogens (primary N) is 1. The fourth-order valence-electron chi connectivity index (χ4n) is 0.606. The number of rotatable bonds is 1. The highest BCUT2D eigenvalue weighted by atomic mass is 16.5. The molecule has 0 saturated carbocycles. The summed E-state index contributed by atoms with van der Waals surface area (Å²) >= 11 is 0. The molecule has 0 spiro atoms. The Morgan fingerprint density at radius 3 is 2.45 bits per heavy atom. The Bertz CT molecular complexity index is 237. The van der Waals surface area contributed by atoms with Crippen LogP contribution in [0.3, 0.4) is 0 Å². The van der Waals surface area contributed by atoms with Gasteiger partial charge in [0.05, 0.1) is 0 Å². The maximum atomic E-state index is 5.24. The normalized spacial score (nSPS) is 11.5. The van der Waals surface area contributed by atoms with E-state index in [-0.39, 0.29) is 11.5 Å². The molecule has 62 valence electrons. The zero-order valence-electron chi connectivity index (χ0n) is 6.88. The molecule has 0 unspecified atom stereocenters. The molecule has 0 saturated heterocycles. The number of nitrogen functional groups attached to an aromatic ring is 1. The van der Waals surface area contributed by atoms with Gasteiger partial charge in [-0.2, -0.15) is 4.98 Å². The minimum Gasteiger partial charge on any atom is -0.365 e. The summed E-state index contributed by atoms with van der Waals surface area (Å²) in [5.74, 6) is 0.150. The lowest BCUT2D eigenvalue weighted by molar-refractivity contribution is 0.421. The van der Waals surface area contributed by atoms with Crippen LogP contribution in [0.5, 0.6) is 0 Å². The number of anilines is 2. The summed E-state index contributed by atoms with van der Waals surface area (Å²) in [6.45, 7) is 5.98. The molecule has 1 heterocycles. The van der Waals surface area contributed by atoms with Crippen molar-refractivity contribution in [3.05, 3.63) is 0 Å². The lowest BCUT2D eigenvalue weighted by Crippen LogP contribution is -2.26. The van der Waals surface area contributed by atoms with Gasteiger partial charge in [-0.3, -0.25) is 0 Å². The Hall–Kier alpha value is -1.26. The molecular formula is C6H12N4O. The van der Waals surface area contributed by atoms with Gasteiger partial charge in [0.25, 0.3) is 5.95 Å². The van der Waals surface area contributed by atoms with Gasteiger partial charge in [-0.15, -0.1) is 0 Å². The van der Waals surface area contributed by atoms with E-state index >= 15 is 0 Å². The minimum absolute atomic E-state index is 0.0844. The maximum absolute atomic E-state index is 5.24. The van der Waals surface area contributed by atoms with Crippen LogP contribution in [-0.2, 0) is 0 Å². The Morgan fingerprint density at radius 2 is 2.09 bits per heavy atom. The van der Waals surface area contributed by atoms with Gasteiger partial charge in [-0.25, -0.2) is 0 Å². The third-order valence-electron chi connectivity index (χ3n) is 0.924. The highest BCUT2D eigenvalue weighted by Crippen LogP contribution is 2.11. The quantitative estimate of drug-likeness (QED) is 0.630. The molecule has 0 aliphatic heterocycles. The van der Waals surface area contributed by atoms with Gasteiger partial charge in [0.1, 0.15) is 0 Å². The molecule has 1 aromatic heterocycles. The number of hydrogen-bond donors (Lipinski definition) is 2. The first-order valence-electron chi connectivity index (χ1n) is 3.35. The van der Waals surface area contributed by atoms with Crippen LogP contribution in [0, 0.1) is 0 Å². The summed E-state index contributed by atoms with van der Waals surface area (Å²) in [6.07, 6.45) is 0. The van der Waals surface area contributed by atoms with Crippen LogP contribution in [-0.4, -0.2) is 15.7 Å². The Balaban J connectivity index is 2.65. The fourth-order valence-corrected chi connectivity index (χ4v) is 0.606. The third-order valence-corrected chi connectivity index (χ3v) is 0.924. The average molecular weight is 156 g/mol. The van der Waals surface area contributed by atoms with Crippen LogP contribution in [0.15, 0.2) is 4.52 Å². The van der Waals surface area contributed by atoms with Gasteiger partial charge >= 0.3 is 6.01 Å². The molecule has 0 amide bonds. The molecule has 0 atom stereocenters. The van der Waals surface area contributed by atoms with Crippen molar-refractivity contribution in [2.75, 3.05) is 11.1 Å². The van der Waals surface area contributed by atoms with E-state index in [2.05, 4.69) is 15.5 Å². The van der Waals surface area contributed by atoms with Crippen LogP contribution in [0.4, 0.5) is 12.0 Å². The van der Waals surface area contributed by atoms with E-state index in [9.17, 15) is 0 Å². The summed E-state index contributed by atoms with van der Waals surface area (Å²) in [5.41, 5.74) is 5.16. The average Bonchev–Trinajstić information content (AvgIpc) is 2.10. The molecule has 0 aromatic carbocycles. The second kappa shape index (κ2) is 2.41. The monoisotopic (exact) mass is 156 g/mol. The largest absolute Gasteiger partial charge is 0.365 e. The zero-order chi connectivity index (χ0) is 8.48. The predicted octanol–water partition coefficient (Wildman–Crippen LogP) is 0.862. The van der Waals surface area contributed by atoms with E-state index in [1.807, 2.05) is 20.8 Å². The summed E-state index contributed by atoms with van der Waals surface area (Å²) in [6, 6.07) is 0.356. The van der Waals surface area contributed by atoms with Crippen LogP contribution in [0.1, 0.15) is 20.8 Å². The van der Waals surface area contributed by atoms with Crippen molar-refractivity contribution in [3.8, 4) is 0 Å². The summed E-state index contributed by atoms with van der Waals surface area (Å²) < 4.78 is 4.74. The van der Waals surface area contributed by atoms with E-state index in [4.69, 9.17) is 10.3 Å². The second-order valence-electron chi connectivity index (χ2n) is 3.33. The minimum atomic E-state index is -0.0844. The zero-order valence-corrected chi connectivity index (χ0v) is 6.88. The van der Waals surface area contributed by atoms with E-state index in [1.165, 1.54) is 0 Å². The van der Waals surface area contributed by atoms with Crippen molar-refractivity contribution in [1.29, 1.82) is 0 Å². The van der Waals surface area contributed by atoms with Crippen LogP contribution < -0.4 is 11.1 Å². The van der Waals surface area contributed by atoms with Crippen LogP contribution >= 0.6 is 0 Å². The van der Waals surface area contributed by atoms with Crippen molar-refractivity contribution in [2.45, 2.75) is 26.3 Å². The van der Waals surface area contributed by atoms with Gasteiger partial charge in [-0.05, 0) is 25.9 Å². The van der Waals surface area contributed by atoms with Crippen molar-refractivity contribution in [3.63, 3.8) is 0 Å². The van der Waals surface area contributed by atoms with Crippen molar-refractivity contribution in [2.24, 2.45) is 0 Å². The van der Waals surface area contributed by atoms with Gasteiger partial charge in [0, 0.05) is 5.54 Å². The molecule has 1 aromatic rings. The molecule has 11 heavy (non-hydrogen) atoms. The molecule has 5 heteroatoms. The Labute approximate surface area is 65.0 Å². The molecule has 0 aliphatic rings. The number of nitrogens with one attached hydrogen (secondary N) is 1. The topological polar surface area (TPSA) is 77.0 Å². The molecule has 1 rings (SSSR count). The Morgan fingerprint density at radius 1 is 1.45 bits per heavy atom. The maximum Gasteiger partial charge on any atom is 0.323 e. The standard InChI is InChI=1S/C6H12N4O/c1-6(2,3)9-5-8-4(7)10-11-5/h1-3H3,(H3,7,8,9,10). The number of nitrogens with zero attached hydrogens (tertiary/aromatic N) is 2. The molecular weight excluding hydrogens is 144 g/mol. The van der Waals surface area contributed by atoms with Crippen molar-refractivity contribution < 1.29 is 4.52 Å². The molecule has 0 fully saturated rings. The smallest absolute Gasteiger partial charge is 0.323 e. The van der Waals surface area contributed by atoms with Gasteiger partial charge in [0.2, 0.25) is 0 Å². The lowest BCUT2D eigenvalue weighted by atomic mass is 10.1. The Kier molecular flexibility index (Phi) is 1.72. The van der Waals surface area contributed by atoms with Gasteiger partial charge in [-0.1, -0.05) is 0 Å². The molecule has 0 aliphatic carbocycles. The fraction of sp³-hybridized carbons (Fsp3) is 0.667. The first kappa shape index (κ1) is 7.84. The van der Waals surface area contributed by atoms with Crippen LogP contribution in [0.2, 0.25) is 0 Å². The molecule has 0 bridgehead atoms. The molecule has 3 N–H and O–H groups in total. The predicted molar refractivity (Wildman–Crippen MR) is 42.1 cm³/mol. The second-order valence-corrected chi connectivity index (χ2v) is 3.33. The molecule has 5 nitrogen and oxygen atoms in total. The van der Waals surface area contributed by atoms with Crippen molar-refractivity contribution in [1.82, 2.24) is 10.1 Å². The van der Waals surface area contributed by atoms with E-state index in [0.29, 0.717) is 6.01 Å². The van der Waals surface area contributed by atoms with Gasteiger partial charge in [0.15, 0.2) is 0 Å². The highest BCUT2D eigenvalue weighted by molar-refractivity contribution is 5.28. The van der Waals surface area contributed by atoms with Gasteiger partial charge < -0.3 is 15.6 Å². The van der Waals surface area contributed by atoms with Crippen LogP contribution in [0.25, 0.3) is 0 Å². The first-order chi connectivity index (χ1) is 4.97. The first-order valence-corrected chi connectivity index (χ1v) is 3.35. The summed E-state index contributed by atoms with van der Waals surface area (Å²) in [5, 5.41) is 6.41. The number of aromatic nitrogens is 2. The van der Waals surface area contributed by atoms with Crippen molar-refractivity contribution >= 4 is 12.0 Å². The van der Waals surface area contributed by atoms with E-state index in [0.717, 1.165) is 0 Å². The molecule has 0 radical (unpaired) electrons. The summed E-state index contributed by atoms with van der Waals surface area (Å²) in [7, 11) is 0. The SMILES string of the molecule is CC(C)(C)Nc1nc(N)no1. The van der Waals surface area contributed by atoms with E-state index in [1.54, 1.807) is 0 Å². The van der Waals surface area contributed by atoms with E-state index < -0.39 is 0 Å². The summed E-state index contributed by atoms with van der Waals surface area (Å²) in [4.78, 5) is 3.78. The lowest BCUT2D eigenvalue weighted by Gasteiger charge is -2.17. The highest BCUT2D eigenvalue weighted by Gasteiger charge is 2.13.